The van der Waals surface area contributed by atoms with Crippen LogP contribution in [0.2, 0.25) is 10.0 Å². The lowest BCUT2D eigenvalue weighted by atomic mass is 10.0. The zero-order chi connectivity index (χ0) is 19.4. The Hall–Kier alpha value is -1.76. The normalized spacial score (nSPS) is 26.2. The van der Waals surface area contributed by atoms with Crippen LogP contribution in [0.25, 0.3) is 11.3 Å². The van der Waals surface area contributed by atoms with Gasteiger partial charge in [0.1, 0.15) is 11.5 Å². The molecule has 0 radical (unpaired) electrons. The number of piperidine rings is 1. The molecule has 2 bridgehead atoms. The first-order valence-corrected chi connectivity index (χ1v) is 10.3. The maximum Gasteiger partial charge on any atom is 0.407 e. The minimum Gasteiger partial charge on any atom is -0.465 e. The summed E-state index contributed by atoms with van der Waals surface area (Å²) in [7, 11) is 0. The molecule has 1 aromatic heterocycles. The zero-order valence-corrected chi connectivity index (χ0v) is 16.6. The van der Waals surface area contributed by atoms with E-state index >= 15 is 0 Å². The Kier molecular flexibility index (Phi) is 4.53. The number of amides is 1. The molecule has 1 saturated heterocycles. The molecule has 6 nitrogen and oxygen atoms in total. The SMILES string of the molecule is O=C(O)N1C[C@H]2C[C@@H]1C[C@@H]2OCc1c(-c2c(Cl)cccc2Cl)noc1C1CC1. The van der Waals surface area contributed by atoms with E-state index in [-0.39, 0.29) is 18.1 Å². The maximum absolute atomic E-state index is 11.3. The lowest BCUT2D eigenvalue weighted by Gasteiger charge is -2.29. The summed E-state index contributed by atoms with van der Waals surface area (Å²) in [6, 6.07) is 5.44. The van der Waals surface area contributed by atoms with E-state index in [0.29, 0.717) is 40.4 Å². The molecule has 5 rings (SSSR count). The van der Waals surface area contributed by atoms with Crippen molar-refractivity contribution in [1.82, 2.24) is 10.1 Å². The average Bonchev–Trinajstić information content (AvgIpc) is 3.11. The Morgan fingerprint density at radius 1 is 1.29 bits per heavy atom. The Morgan fingerprint density at radius 3 is 2.64 bits per heavy atom. The molecule has 148 valence electrons. The fourth-order valence-electron chi connectivity index (χ4n) is 4.58. The number of likely N-dealkylation sites (tertiary alicyclic amines) is 1. The topological polar surface area (TPSA) is 75.8 Å². The number of aromatic nitrogens is 1. The molecule has 0 spiro atoms. The van der Waals surface area contributed by atoms with Crippen molar-refractivity contribution in [2.45, 2.75) is 50.4 Å². The van der Waals surface area contributed by atoms with Gasteiger partial charge in [-0.25, -0.2) is 4.79 Å². The van der Waals surface area contributed by atoms with Gasteiger partial charge in [0.15, 0.2) is 0 Å². The monoisotopic (exact) mass is 422 g/mol. The highest BCUT2D eigenvalue weighted by atomic mass is 35.5. The van der Waals surface area contributed by atoms with E-state index in [2.05, 4.69) is 5.16 Å². The second-order valence-corrected chi connectivity index (χ2v) is 8.73. The van der Waals surface area contributed by atoms with Crippen molar-refractivity contribution in [3.63, 3.8) is 0 Å². The first kappa shape index (κ1) is 18.3. The van der Waals surface area contributed by atoms with Gasteiger partial charge in [0, 0.05) is 35.5 Å². The van der Waals surface area contributed by atoms with Gasteiger partial charge in [0.05, 0.1) is 22.8 Å². The van der Waals surface area contributed by atoms with Crippen LogP contribution in [-0.2, 0) is 11.3 Å². The lowest BCUT2D eigenvalue weighted by molar-refractivity contribution is -0.00788. The van der Waals surface area contributed by atoms with Crippen molar-refractivity contribution in [1.29, 1.82) is 0 Å². The summed E-state index contributed by atoms with van der Waals surface area (Å²) in [6.45, 7) is 0.917. The third-order valence-corrected chi connectivity index (χ3v) is 6.76. The van der Waals surface area contributed by atoms with Crippen LogP contribution in [0.1, 0.15) is 42.9 Å². The summed E-state index contributed by atoms with van der Waals surface area (Å²) in [5.74, 6) is 1.49. The zero-order valence-electron chi connectivity index (χ0n) is 15.1. The third kappa shape index (κ3) is 3.08. The van der Waals surface area contributed by atoms with Gasteiger partial charge in [-0.1, -0.05) is 34.4 Å². The van der Waals surface area contributed by atoms with E-state index in [1.165, 1.54) is 4.90 Å². The number of nitrogens with zero attached hydrogens (tertiary/aromatic N) is 2. The lowest BCUT2D eigenvalue weighted by Crippen LogP contribution is -2.41. The molecule has 2 heterocycles. The molecule has 0 unspecified atom stereocenters. The highest BCUT2D eigenvalue weighted by Crippen LogP contribution is 2.47. The number of benzene rings is 1. The van der Waals surface area contributed by atoms with Gasteiger partial charge < -0.3 is 19.3 Å². The summed E-state index contributed by atoms with van der Waals surface area (Å²) in [5, 5.41) is 14.6. The first-order valence-electron chi connectivity index (χ1n) is 9.57. The predicted octanol–water partition coefficient (Wildman–Crippen LogP) is 5.18. The summed E-state index contributed by atoms with van der Waals surface area (Å²) in [6.07, 6.45) is 3.00. The number of hydrogen-bond acceptors (Lipinski definition) is 4. The van der Waals surface area contributed by atoms with Gasteiger partial charge in [0.25, 0.3) is 0 Å². The van der Waals surface area contributed by atoms with Gasteiger partial charge in [-0.05, 0) is 37.8 Å². The van der Waals surface area contributed by atoms with E-state index in [0.717, 1.165) is 37.0 Å². The molecule has 2 aromatic rings. The molecule has 3 fully saturated rings. The van der Waals surface area contributed by atoms with E-state index < -0.39 is 6.09 Å². The van der Waals surface area contributed by atoms with E-state index in [4.69, 9.17) is 32.5 Å². The molecule has 2 saturated carbocycles. The first-order chi connectivity index (χ1) is 13.5. The molecule has 1 aromatic carbocycles. The van der Waals surface area contributed by atoms with Crippen LogP contribution in [0.4, 0.5) is 4.79 Å². The number of ether oxygens (including phenoxy) is 1. The van der Waals surface area contributed by atoms with Crippen molar-refractivity contribution in [3.8, 4) is 11.3 Å². The van der Waals surface area contributed by atoms with Gasteiger partial charge in [-0.2, -0.15) is 0 Å². The second-order valence-electron chi connectivity index (χ2n) is 7.91. The van der Waals surface area contributed by atoms with E-state index in [1.807, 2.05) is 0 Å². The fraction of sp³-hybridized carbons (Fsp3) is 0.500. The summed E-state index contributed by atoms with van der Waals surface area (Å²) in [4.78, 5) is 12.8. The molecule has 2 aliphatic carbocycles. The Morgan fingerprint density at radius 2 is 2.04 bits per heavy atom. The van der Waals surface area contributed by atoms with E-state index in [1.54, 1.807) is 18.2 Å². The molecule has 28 heavy (non-hydrogen) atoms. The highest BCUT2D eigenvalue weighted by molar-refractivity contribution is 6.39. The minimum atomic E-state index is -0.836. The van der Waals surface area contributed by atoms with Crippen molar-refractivity contribution >= 4 is 29.3 Å². The number of carboxylic acid groups (broad SMARTS) is 1. The van der Waals surface area contributed by atoms with Gasteiger partial charge in [0.2, 0.25) is 0 Å². The fourth-order valence-corrected chi connectivity index (χ4v) is 5.16. The predicted molar refractivity (Wildman–Crippen MR) is 104 cm³/mol. The van der Waals surface area contributed by atoms with Crippen LogP contribution in [0.3, 0.4) is 0 Å². The smallest absolute Gasteiger partial charge is 0.407 e. The largest absolute Gasteiger partial charge is 0.465 e. The molecule has 1 amide bonds. The third-order valence-electron chi connectivity index (χ3n) is 6.13. The molecular weight excluding hydrogens is 403 g/mol. The minimum absolute atomic E-state index is 0.0529. The molecule has 3 atom stereocenters. The Labute approximate surface area is 172 Å². The standard InChI is InChI=1S/C20H20Cl2N2O4/c21-14-2-1-3-15(22)17(14)18-13(19(28-23-18)10-4-5-10)9-27-16-7-12-6-11(16)8-24(12)20(25)26/h1-3,10-12,16H,4-9H2,(H,25,26)/t11-,12-,16+/m1/s1. The molecule has 3 aliphatic rings. The van der Waals surface area contributed by atoms with Crippen molar-refractivity contribution < 1.29 is 19.2 Å². The summed E-state index contributed by atoms with van der Waals surface area (Å²) >= 11 is 12.8. The summed E-state index contributed by atoms with van der Waals surface area (Å²) < 4.78 is 11.9. The van der Waals surface area contributed by atoms with Gasteiger partial charge in [-0.3, -0.25) is 0 Å². The number of rotatable bonds is 5. The number of fused-ring (bicyclic) bond motifs is 2. The molecule has 8 heteroatoms. The highest BCUT2D eigenvalue weighted by Gasteiger charge is 2.47. The van der Waals surface area contributed by atoms with Crippen molar-refractivity contribution in [2.75, 3.05) is 6.54 Å². The number of halogens is 2. The average molecular weight is 423 g/mol. The molecule has 1 aliphatic heterocycles. The second kappa shape index (κ2) is 6.94. The van der Waals surface area contributed by atoms with Crippen LogP contribution in [0, 0.1) is 5.92 Å². The van der Waals surface area contributed by atoms with Crippen LogP contribution in [0.5, 0.6) is 0 Å². The Bertz CT molecular complexity index is 907. The van der Waals surface area contributed by atoms with Crippen LogP contribution in [0.15, 0.2) is 22.7 Å². The van der Waals surface area contributed by atoms with Crippen molar-refractivity contribution in [3.05, 3.63) is 39.6 Å². The maximum atomic E-state index is 11.3. The van der Waals surface area contributed by atoms with Crippen LogP contribution >= 0.6 is 23.2 Å². The number of carbonyl (C=O) groups is 1. The van der Waals surface area contributed by atoms with Gasteiger partial charge in [-0.15, -0.1) is 0 Å². The molecular formula is C20H20Cl2N2O4. The van der Waals surface area contributed by atoms with Crippen LogP contribution in [-0.4, -0.2) is 39.9 Å². The molecule has 1 N–H and O–H groups in total. The summed E-state index contributed by atoms with van der Waals surface area (Å²) in [5.41, 5.74) is 2.23. The number of hydrogen-bond donors (Lipinski definition) is 1. The van der Waals surface area contributed by atoms with Crippen LogP contribution < -0.4 is 0 Å². The van der Waals surface area contributed by atoms with E-state index in [9.17, 15) is 9.90 Å². The Balaban J connectivity index is 1.38. The van der Waals surface area contributed by atoms with Crippen molar-refractivity contribution in [2.24, 2.45) is 5.92 Å². The van der Waals surface area contributed by atoms with Gasteiger partial charge >= 0.3 is 6.09 Å². The quantitative estimate of drug-likeness (QED) is 0.717.